The molecule has 1 aromatic carbocycles. The lowest BCUT2D eigenvalue weighted by atomic mass is 10.2. The molecular weight excluding hydrogens is 290 g/mol. The largest absolute Gasteiger partial charge is 0.396 e. The van der Waals surface area contributed by atoms with Crippen LogP contribution in [-0.4, -0.2) is 36.6 Å². The zero-order valence-electron chi connectivity index (χ0n) is 12.2. The first-order valence-corrected chi connectivity index (χ1v) is 7.80. The first-order chi connectivity index (χ1) is 9.84. The van der Waals surface area contributed by atoms with Crippen LogP contribution in [0.15, 0.2) is 35.4 Å². The molecule has 0 radical (unpaired) electrons. The summed E-state index contributed by atoms with van der Waals surface area (Å²) in [6, 6.07) is 6.79. The molecule has 114 valence electrons. The van der Waals surface area contributed by atoms with E-state index in [1.807, 2.05) is 13.1 Å². The Hall–Kier alpha value is -2.06. The molecular formula is C13H19N5O2S. The predicted octanol–water partition coefficient (Wildman–Crippen LogP) is 0.865. The van der Waals surface area contributed by atoms with Crippen LogP contribution in [0.3, 0.4) is 0 Å². The highest BCUT2D eigenvalue weighted by atomic mass is 32.2. The molecule has 1 heterocycles. The van der Waals surface area contributed by atoms with Gasteiger partial charge >= 0.3 is 0 Å². The van der Waals surface area contributed by atoms with Crippen molar-refractivity contribution in [3.05, 3.63) is 36.2 Å². The van der Waals surface area contributed by atoms with Gasteiger partial charge in [0.15, 0.2) is 0 Å². The van der Waals surface area contributed by atoms with Gasteiger partial charge in [0, 0.05) is 27.3 Å². The molecule has 2 rings (SSSR count). The summed E-state index contributed by atoms with van der Waals surface area (Å²) in [5.74, 6) is 0. The topological polar surface area (TPSA) is 93.2 Å². The molecule has 0 aliphatic heterocycles. The van der Waals surface area contributed by atoms with Gasteiger partial charge in [-0.25, -0.2) is 12.7 Å². The number of hydrogen-bond acceptors (Lipinski definition) is 5. The molecule has 0 aliphatic carbocycles. The minimum atomic E-state index is -3.56. The second-order valence-electron chi connectivity index (χ2n) is 4.80. The Labute approximate surface area is 124 Å². The van der Waals surface area contributed by atoms with Crippen molar-refractivity contribution < 1.29 is 8.42 Å². The smallest absolute Gasteiger partial charge is 0.244 e. The van der Waals surface area contributed by atoms with E-state index in [0.717, 1.165) is 10.00 Å². The van der Waals surface area contributed by atoms with Crippen LogP contribution in [0.4, 0.5) is 11.4 Å². The van der Waals surface area contributed by atoms with Crippen molar-refractivity contribution >= 4 is 21.4 Å². The maximum absolute atomic E-state index is 12.2. The van der Waals surface area contributed by atoms with E-state index >= 15 is 0 Å². The molecule has 0 fully saturated rings. The lowest BCUT2D eigenvalue weighted by Crippen LogP contribution is -2.23. The number of rotatable bonds is 5. The van der Waals surface area contributed by atoms with Gasteiger partial charge in [0.1, 0.15) is 4.90 Å². The van der Waals surface area contributed by atoms with E-state index in [1.54, 1.807) is 23.0 Å². The van der Waals surface area contributed by atoms with E-state index in [1.165, 1.54) is 20.2 Å². The van der Waals surface area contributed by atoms with Crippen LogP contribution < -0.4 is 11.1 Å². The second kappa shape index (κ2) is 5.74. The van der Waals surface area contributed by atoms with Gasteiger partial charge in [-0.15, -0.1) is 0 Å². The summed E-state index contributed by atoms with van der Waals surface area (Å²) in [7, 11) is 1.23. The molecule has 0 spiro atoms. The Bertz CT molecular complexity index is 737. The van der Waals surface area contributed by atoms with E-state index in [9.17, 15) is 8.42 Å². The van der Waals surface area contributed by atoms with Crippen LogP contribution in [0.2, 0.25) is 0 Å². The maximum Gasteiger partial charge on any atom is 0.244 e. The molecule has 0 saturated carbocycles. The summed E-state index contributed by atoms with van der Waals surface area (Å²) in [4.78, 5) is 0.0995. The highest BCUT2D eigenvalue weighted by molar-refractivity contribution is 7.89. The molecule has 0 unspecified atom stereocenters. The quantitative estimate of drug-likeness (QED) is 0.799. The normalized spacial score (nSPS) is 11.8. The molecule has 7 nitrogen and oxygen atoms in total. The van der Waals surface area contributed by atoms with Crippen molar-refractivity contribution in [3.8, 4) is 0 Å². The van der Waals surface area contributed by atoms with E-state index in [4.69, 9.17) is 5.73 Å². The molecule has 0 saturated heterocycles. The zero-order valence-corrected chi connectivity index (χ0v) is 13.1. The molecule has 2 aromatic rings. The Balaban J connectivity index is 2.29. The van der Waals surface area contributed by atoms with Crippen LogP contribution in [0.1, 0.15) is 5.69 Å². The van der Waals surface area contributed by atoms with Gasteiger partial charge in [0.2, 0.25) is 10.0 Å². The zero-order chi connectivity index (χ0) is 15.6. The Morgan fingerprint density at radius 3 is 2.62 bits per heavy atom. The number of nitrogens with one attached hydrogen (secondary N) is 1. The standard InChI is InChI=1S/C13H19N5O2S/c1-17(2)21(19,20)12-6-4-5-11(13(12)14)15-9-10-7-8-16-18(10)3/h4-8,15H,9,14H2,1-3H3. The molecule has 21 heavy (non-hydrogen) atoms. The highest BCUT2D eigenvalue weighted by Gasteiger charge is 2.21. The molecule has 0 aliphatic rings. The van der Waals surface area contributed by atoms with Gasteiger partial charge in [0.05, 0.1) is 23.6 Å². The average Bonchev–Trinajstić information content (AvgIpc) is 2.82. The first-order valence-electron chi connectivity index (χ1n) is 6.36. The maximum atomic E-state index is 12.2. The minimum Gasteiger partial charge on any atom is -0.396 e. The summed E-state index contributed by atoms with van der Waals surface area (Å²) in [5, 5.41) is 7.21. The van der Waals surface area contributed by atoms with Gasteiger partial charge in [-0.3, -0.25) is 4.68 Å². The number of sulfonamides is 1. The fraction of sp³-hybridized carbons (Fsp3) is 0.308. The summed E-state index contributed by atoms with van der Waals surface area (Å²) < 4.78 is 27.3. The van der Waals surface area contributed by atoms with E-state index < -0.39 is 10.0 Å². The summed E-state index contributed by atoms with van der Waals surface area (Å²) in [5.41, 5.74) is 7.76. The Kier molecular flexibility index (Phi) is 4.19. The van der Waals surface area contributed by atoms with Crippen LogP contribution in [0.5, 0.6) is 0 Å². The third kappa shape index (κ3) is 3.01. The van der Waals surface area contributed by atoms with Crippen molar-refractivity contribution in [1.29, 1.82) is 0 Å². The molecule has 0 amide bonds. The van der Waals surface area contributed by atoms with E-state index in [-0.39, 0.29) is 10.6 Å². The fourth-order valence-electron chi connectivity index (χ4n) is 1.88. The number of hydrogen-bond donors (Lipinski definition) is 2. The highest BCUT2D eigenvalue weighted by Crippen LogP contribution is 2.28. The monoisotopic (exact) mass is 309 g/mol. The minimum absolute atomic E-state index is 0.0995. The van der Waals surface area contributed by atoms with Crippen molar-refractivity contribution in [3.63, 3.8) is 0 Å². The second-order valence-corrected chi connectivity index (χ2v) is 6.92. The van der Waals surface area contributed by atoms with Crippen molar-refractivity contribution in [1.82, 2.24) is 14.1 Å². The van der Waals surface area contributed by atoms with E-state index in [0.29, 0.717) is 12.2 Å². The lowest BCUT2D eigenvalue weighted by Gasteiger charge is -2.16. The number of aromatic nitrogens is 2. The summed E-state index contributed by atoms with van der Waals surface area (Å²) in [6.45, 7) is 0.506. The number of nitrogen functional groups attached to an aromatic ring is 1. The third-order valence-electron chi connectivity index (χ3n) is 3.21. The van der Waals surface area contributed by atoms with Crippen molar-refractivity contribution in [2.75, 3.05) is 25.1 Å². The molecule has 1 aromatic heterocycles. The number of nitrogens with two attached hydrogens (primary N) is 1. The van der Waals surface area contributed by atoms with Crippen LogP contribution >= 0.6 is 0 Å². The fourth-order valence-corrected chi connectivity index (χ4v) is 2.91. The molecule has 8 heteroatoms. The average molecular weight is 309 g/mol. The number of para-hydroxylation sites is 1. The Morgan fingerprint density at radius 2 is 2.05 bits per heavy atom. The van der Waals surface area contributed by atoms with Crippen LogP contribution in [0.25, 0.3) is 0 Å². The van der Waals surface area contributed by atoms with Crippen molar-refractivity contribution in [2.45, 2.75) is 11.4 Å². The molecule has 0 atom stereocenters. The third-order valence-corrected chi connectivity index (χ3v) is 5.08. The van der Waals surface area contributed by atoms with Gasteiger partial charge in [0.25, 0.3) is 0 Å². The first kappa shape index (κ1) is 15.3. The SMILES string of the molecule is CN(C)S(=O)(=O)c1cccc(NCc2ccnn2C)c1N. The van der Waals surface area contributed by atoms with Gasteiger partial charge in [-0.05, 0) is 18.2 Å². The van der Waals surface area contributed by atoms with Crippen LogP contribution in [-0.2, 0) is 23.6 Å². The molecule has 3 N–H and O–H groups in total. The number of aryl methyl sites for hydroxylation is 1. The summed E-state index contributed by atoms with van der Waals surface area (Å²) >= 11 is 0. The van der Waals surface area contributed by atoms with Crippen LogP contribution in [0, 0.1) is 0 Å². The number of nitrogens with zero attached hydrogens (tertiary/aromatic N) is 3. The van der Waals surface area contributed by atoms with Crippen molar-refractivity contribution in [2.24, 2.45) is 7.05 Å². The van der Waals surface area contributed by atoms with E-state index in [2.05, 4.69) is 10.4 Å². The van der Waals surface area contributed by atoms with Gasteiger partial charge in [-0.2, -0.15) is 5.10 Å². The number of anilines is 2. The molecule has 0 bridgehead atoms. The number of benzene rings is 1. The summed E-state index contributed by atoms with van der Waals surface area (Å²) in [6.07, 6.45) is 1.70. The van der Waals surface area contributed by atoms with Gasteiger partial charge < -0.3 is 11.1 Å². The van der Waals surface area contributed by atoms with Gasteiger partial charge in [-0.1, -0.05) is 6.07 Å². The Morgan fingerprint density at radius 1 is 1.33 bits per heavy atom. The predicted molar refractivity (Wildman–Crippen MR) is 82.3 cm³/mol. The lowest BCUT2D eigenvalue weighted by molar-refractivity contribution is 0.521.